The molecule has 0 radical (unpaired) electrons. The van der Waals surface area contributed by atoms with Gasteiger partial charge in [0.15, 0.2) is 0 Å². The van der Waals surface area contributed by atoms with E-state index in [1.807, 2.05) is 36.4 Å². The van der Waals surface area contributed by atoms with Gasteiger partial charge in [0.05, 0.1) is 18.5 Å². The van der Waals surface area contributed by atoms with Crippen molar-refractivity contribution in [3.8, 4) is 0 Å². The normalized spacial score (nSPS) is 19.0. The first-order valence-electron chi connectivity index (χ1n) is 17.0. The largest absolute Gasteiger partial charge is 0.391 e. The molecular formula is C36H53N5O4. The predicted molar refractivity (Wildman–Crippen MR) is 176 cm³/mol. The SMILES string of the molecule is C=C[C@@H](C[C@H](O)[C@H](CC1CCCCC1)NC(=O)C(Cc1cnc[nH]1)NC(=O)C(Cc1ccccc1)C(=O)N1CCCC1)C(C)C. The van der Waals surface area contributed by atoms with Crippen LogP contribution in [0.25, 0.3) is 0 Å². The van der Waals surface area contributed by atoms with Crippen molar-refractivity contribution in [2.24, 2.45) is 23.7 Å². The number of nitrogens with one attached hydrogen (secondary N) is 3. The van der Waals surface area contributed by atoms with Crippen LogP contribution in [0.3, 0.4) is 0 Å². The highest BCUT2D eigenvalue weighted by Gasteiger charge is 2.36. The van der Waals surface area contributed by atoms with Crippen LogP contribution in [-0.4, -0.2) is 69.0 Å². The second-order valence-corrected chi connectivity index (χ2v) is 13.4. The third-order valence-electron chi connectivity index (χ3n) is 9.70. The van der Waals surface area contributed by atoms with Crippen molar-refractivity contribution in [2.75, 3.05) is 13.1 Å². The van der Waals surface area contributed by atoms with E-state index in [-0.39, 0.29) is 30.6 Å². The van der Waals surface area contributed by atoms with Gasteiger partial charge in [0.1, 0.15) is 12.0 Å². The number of rotatable bonds is 16. The van der Waals surface area contributed by atoms with E-state index in [4.69, 9.17) is 0 Å². The van der Waals surface area contributed by atoms with Crippen LogP contribution in [0.1, 0.15) is 82.9 Å². The molecule has 4 rings (SSSR count). The van der Waals surface area contributed by atoms with E-state index in [1.165, 1.54) is 12.7 Å². The molecule has 0 bridgehead atoms. The monoisotopic (exact) mass is 619 g/mol. The van der Waals surface area contributed by atoms with Crippen LogP contribution in [0.15, 0.2) is 55.5 Å². The molecule has 3 amide bonds. The van der Waals surface area contributed by atoms with Crippen LogP contribution in [0.4, 0.5) is 0 Å². The highest BCUT2D eigenvalue weighted by Crippen LogP contribution is 2.30. The van der Waals surface area contributed by atoms with Crippen molar-refractivity contribution in [1.82, 2.24) is 25.5 Å². The van der Waals surface area contributed by atoms with E-state index in [9.17, 15) is 19.5 Å². The molecule has 1 aliphatic heterocycles. The highest BCUT2D eigenvalue weighted by atomic mass is 16.3. The fraction of sp³-hybridized carbons (Fsp3) is 0.611. The summed E-state index contributed by atoms with van der Waals surface area (Å²) in [5.74, 6) is -1.15. The Hall–Kier alpha value is -3.46. The molecule has 2 aliphatic rings. The number of hydrogen-bond acceptors (Lipinski definition) is 5. The molecule has 5 atom stereocenters. The first-order valence-corrected chi connectivity index (χ1v) is 17.0. The van der Waals surface area contributed by atoms with Crippen LogP contribution in [-0.2, 0) is 27.2 Å². The zero-order valence-corrected chi connectivity index (χ0v) is 27.1. The zero-order valence-electron chi connectivity index (χ0n) is 27.1. The third kappa shape index (κ3) is 10.3. The Balaban J connectivity index is 1.55. The Morgan fingerprint density at radius 1 is 1.02 bits per heavy atom. The summed E-state index contributed by atoms with van der Waals surface area (Å²) in [7, 11) is 0. The smallest absolute Gasteiger partial charge is 0.243 e. The van der Waals surface area contributed by atoms with Crippen molar-refractivity contribution in [2.45, 2.75) is 103 Å². The number of amides is 3. The van der Waals surface area contributed by atoms with E-state index in [0.717, 1.165) is 44.1 Å². The van der Waals surface area contributed by atoms with Gasteiger partial charge in [-0.1, -0.05) is 82.4 Å². The number of H-pyrrole nitrogens is 1. The van der Waals surface area contributed by atoms with Gasteiger partial charge in [-0.25, -0.2) is 4.98 Å². The van der Waals surface area contributed by atoms with Gasteiger partial charge in [0.2, 0.25) is 17.7 Å². The van der Waals surface area contributed by atoms with Gasteiger partial charge in [-0.3, -0.25) is 14.4 Å². The van der Waals surface area contributed by atoms with Crippen LogP contribution in [0, 0.1) is 23.7 Å². The van der Waals surface area contributed by atoms with Crippen LogP contribution < -0.4 is 10.6 Å². The van der Waals surface area contributed by atoms with Crippen LogP contribution in [0.2, 0.25) is 0 Å². The Morgan fingerprint density at radius 3 is 2.36 bits per heavy atom. The maximum atomic E-state index is 14.1. The average molecular weight is 620 g/mol. The summed E-state index contributed by atoms with van der Waals surface area (Å²) in [6.45, 7) is 9.47. The molecule has 4 N–H and O–H groups in total. The Labute approximate surface area is 268 Å². The summed E-state index contributed by atoms with van der Waals surface area (Å²) in [5, 5.41) is 17.6. The number of aromatic amines is 1. The topological polar surface area (TPSA) is 127 Å². The standard InChI is InChI=1S/C36H53N5O4/c1-4-28(25(2)3)21-33(42)31(20-27-15-9-6-10-16-27)39-35(44)32(22-29-23-37-24-38-29)40-34(43)30(19-26-13-7-5-8-14-26)36(45)41-17-11-12-18-41/h4-5,7-8,13-14,23-25,27-28,30-33,42H,1,6,9-12,15-22H2,2-3H3,(H,37,38)(H,39,44)(H,40,43)/t28-,30?,31-,32?,33-/m0/s1. The number of imidazole rings is 1. The number of aromatic nitrogens is 2. The molecule has 1 aromatic carbocycles. The molecule has 2 unspecified atom stereocenters. The van der Waals surface area contributed by atoms with E-state index in [1.54, 1.807) is 11.1 Å². The van der Waals surface area contributed by atoms with Crippen molar-refractivity contribution in [3.63, 3.8) is 0 Å². The van der Waals surface area contributed by atoms with Crippen LogP contribution in [0.5, 0.6) is 0 Å². The molecule has 1 saturated heterocycles. The van der Waals surface area contributed by atoms with Crippen LogP contribution >= 0.6 is 0 Å². The van der Waals surface area contributed by atoms with E-state index in [0.29, 0.717) is 43.5 Å². The molecule has 9 heteroatoms. The fourth-order valence-corrected chi connectivity index (χ4v) is 6.86. The van der Waals surface area contributed by atoms with E-state index in [2.05, 4.69) is 41.0 Å². The molecule has 1 saturated carbocycles. The molecule has 1 aliphatic carbocycles. The van der Waals surface area contributed by atoms with Crippen molar-refractivity contribution >= 4 is 17.7 Å². The summed E-state index contributed by atoms with van der Waals surface area (Å²) < 4.78 is 0. The quantitative estimate of drug-likeness (QED) is 0.162. The van der Waals surface area contributed by atoms with Crippen molar-refractivity contribution in [3.05, 3.63) is 66.8 Å². The maximum absolute atomic E-state index is 14.1. The molecule has 2 heterocycles. The van der Waals surface area contributed by atoms with Gasteiger partial charge < -0.3 is 25.6 Å². The number of carbonyl (C=O) groups excluding carboxylic acids is 3. The lowest BCUT2D eigenvalue weighted by Crippen LogP contribution is -2.56. The molecular weight excluding hydrogens is 566 g/mol. The lowest BCUT2D eigenvalue weighted by Gasteiger charge is -2.33. The Morgan fingerprint density at radius 2 is 1.73 bits per heavy atom. The summed E-state index contributed by atoms with van der Waals surface area (Å²) in [4.78, 5) is 50.6. The first kappa shape index (κ1) is 34.4. The summed E-state index contributed by atoms with van der Waals surface area (Å²) in [5.41, 5.74) is 1.58. The van der Waals surface area contributed by atoms with Crippen molar-refractivity contribution < 1.29 is 19.5 Å². The average Bonchev–Trinajstić information content (AvgIpc) is 3.77. The maximum Gasteiger partial charge on any atom is 0.243 e. The molecule has 45 heavy (non-hydrogen) atoms. The van der Waals surface area contributed by atoms with Gasteiger partial charge in [0, 0.05) is 31.4 Å². The highest BCUT2D eigenvalue weighted by molar-refractivity contribution is 6.02. The number of allylic oxidation sites excluding steroid dienone is 1. The van der Waals surface area contributed by atoms with Gasteiger partial charge in [-0.15, -0.1) is 6.58 Å². The zero-order chi connectivity index (χ0) is 32.2. The number of nitrogens with zero attached hydrogens (tertiary/aromatic N) is 2. The van der Waals surface area contributed by atoms with E-state index >= 15 is 0 Å². The van der Waals surface area contributed by atoms with E-state index < -0.39 is 30.0 Å². The first-order chi connectivity index (χ1) is 21.7. The number of carbonyl (C=O) groups is 3. The summed E-state index contributed by atoms with van der Waals surface area (Å²) >= 11 is 0. The second-order valence-electron chi connectivity index (χ2n) is 13.4. The lowest BCUT2D eigenvalue weighted by atomic mass is 9.81. The number of aliphatic hydroxyl groups excluding tert-OH is 1. The summed E-state index contributed by atoms with van der Waals surface area (Å²) in [6, 6.07) is 8.11. The van der Waals surface area contributed by atoms with Gasteiger partial charge in [-0.2, -0.15) is 0 Å². The number of benzene rings is 1. The molecule has 246 valence electrons. The third-order valence-corrected chi connectivity index (χ3v) is 9.70. The molecule has 9 nitrogen and oxygen atoms in total. The minimum absolute atomic E-state index is 0.113. The van der Waals surface area contributed by atoms with Gasteiger partial charge >= 0.3 is 0 Å². The Bertz CT molecular complexity index is 1210. The van der Waals surface area contributed by atoms with Gasteiger partial charge in [-0.05, 0) is 55.4 Å². The number of aliphatic hydroxyl groups is 1. The van der Waals surface area contributed by atoms with Gasteiger partial charge in [0.25, 0.3) is 0 Å². The number of hydrogen-bond donors (Lipinski definition) is 4. The second kappa shape index (κ2) is 17.3. The fourth-order valence-electron chi connectivity index (χ4n) is 6.86. The Kier molecular flexibility index (Phi) is 13.2. The number of likely N-dealkylation sites (tertiary alicyclic amines) is 1. The minimum Gasteiger partial charge on any atom is -0.391 e. The minimum atomic E-state index is -0.955. The lowest BCUT2D eigenvalue weighted by molar-refractivity contribution is -0.143. The molecule has 0 spiro atoms. The summed E-state index contributed by atoms with van der Waals surface area (Å²) in [6.07, 6.45) is 13.5. The predicted octanol–water partition coefficient (Wildman–Crippen LogP) is 4.58. The molecule has 2 aromatic rings. The molecule has 1 aromatic heterocycles. The van der Waals surface area contributed by atoms with Crippen molar-refractivity contribution in [1.29, 1.82) is 0 Å². The molecule has 2 fully saturated rings.